The van der Waals surface area contributed by atoms with Crippen molar-refractivity contribution in [1.82, 2.24) is 5.32 Å². The van der Waals surface area contributed by atoms with Gasteiger partial charge >= 0.3 is 0 Å². The van der Waals surface area contributed by atoms with E-state index >= 15 is 0 Å². The number of halogens is 3. The first-order valence-electron chi connectivity index (χ1n) is 7.09. The molecule has 3 rings (SSSR count). The molecule has 0 radical (unpaired) electrons. The van der Waals surface area contributed by atoms with E-state index in [-0.39, 0.29) is 12.4 Å². The van der Waals surface area contributed by atoms with E-state index in [4.69, 9.17) is 9.15 Å². The molecule has 0 saturated carbocycles. The van der Waals surface area contributed by atoms with Crippen molar-refractivity contribution in [1.29, 1.82) is 0 Å². The lowest BCUT2D eigenvalue weighted by Crippen LogP contribution is -2.25. The second kappa shape index (κ2) is 8.50. The summed E-state index contributed by atoms with van der Waals surface area (Å²) in [5, 5.41) is 3.39. The summed E-state index contributed by atoms with van der Waals surface area (Å²) in [5.41, 5.74) is 1.06. The van der Waals surface area contributed by atoms with Crippen molar-refractivity contribution >= 4 is 44.3 Å². The first-order valence-corrected chi connectivity index (χ1v) is 8.67. The Hall–Kier alpha value is -0.330. The van der Waals surface area contributed by atoms with Gasteiger partial charge in [-0.3, -0.25) is 0 Å². The van der Waals surface area contributed by atoms with Crippen LogP contribution in [0.4, 0.5) is 0 Å². The number of rotatable bonds is 5. The third-order valence-corrected chi connectivity index (χ3v) is 4.70. The van der Waals surface area contributed by atoms with Gasteiger partial charge < -0.3 is 14.5 Å². The predicted octanol–water partition coefficient (Wildman–Crippen LogP) is 5.16. The second-order valence-corrected chi connectivity index (χ2v) is 6.93. The van der Waals surface area contributed by atoms with Crippen molar-refractivity contribution in [2.45, 2.75) is 25.5 Å². The Morgan fingerprint density at radius 1 is 1.18 bits per heavy atom. The second-order valence-electron chi connectivity index (χ2n) is 5.16. The highest BCUT2D eigenvalue weighted by molar-refractivity contribution is 9.11. The minimum Gasteiger partial charge on any atom is -0.460 e. The molecule has 1 aromatic heterocycles. The molecule has 1 saturated heterocycles. The molecule has 1 aromatic carbocycles. The minimum absolute atomic E-state index is 0. The van der Waals surface area contributed by atoms with Crippen LogP contribution in [0.1, 0.15) is 18.6 Å². The zero-order valence-electron chi connectivity index (χ0n) is 12.0. The van der Waals surface area contributed by atoms with Crippen LogP contribution in [0, 0.1) is 0 Å². The van der Waals surface area contributed by atoms with Crippen LogP contribution in [0.2, 0.25) is 0 Å². The highest BCUT2D eigenvalue weighted by Gasteiger charge is 2.15. The normalized spacial score (nSPS) is 17.5. The molecule has 0 bridgehead atoms. The summed E-state index contributed by atoms with van der Waals surface area (Å²) >= 11 is 7.03. The fourth-order valence-electron chi connectivity index (χ4n) is 2.47. The van der Waals surface area contributed by atoms with E-state index in [1.807, 2.05) is 30.3 Å². The first kappa shape index (κ1) is 18.0. The molecule has 1 unspecified atom stereocenters. The van der Waals surface area contributed by atoms with E-state index in [9.17, 15) is 0 Å². The van der Waals surface area contributed by atoms with Gasteiger partial charge in [0.05, 0.1) is 12.6 Å². The molecule has 2 aromatic rings. The fourth-order valence-corrected chi connectivity index (χ4v) is 3.71. The zero-order chi connectivity index (χ0) is 14.7. The molecule has 120 valence electrons. The highest BCUT2D eigenvalue weighted by atomic mass is 79.9. The summed E-state index contributed by atoms with van der Waals surface area (Å²) in [6.07, 6.45) is 2.69. The zero-order valence-corrected chi connectivity index (χ0v) is 16.0. The van der Waals surface area contributed by atoms with Gasteiger partial charge in [0.25, 0.3) is 0 Å². The van der Waals surface area contributed by atoms with Gasteiger partial charge in [0, 0.05) is 27.7 Å². The van der Waals surface area contributed by atoms with Gasteiger partial charge in [0.2, 0.25) is 0 Å². The lowest BCUT2D eigenvalue weighted by Gasteiger charge is -2.09. The molecule has 1 aliphatic rings. The molecule has 1 N–H and O–H groups in total. The maximum absolute atomic E-state index is 5.91. The van der Waals surface area contributed by atoms with E-state index in [1.54, 1.807) is 0 Å². The number of ether oxygens (including phenoxy) is 1. The van der Waals surface area contributed by atoms with Gasteiger partial charge in [-0.05, 0) is 59.1 Å². The quantitative estimate of drug-likeness (QED) is 0.682. The van der Waals surface area contributed by atoms with E-state index < -0.39 is 0 Å². The van der Waals surface area contributed by atoms with Crippen molar-refractivity contribution in [2.75, 3.05) is 13.2 Å². The smallest absolute Gasteiger partial charge is 0.135 e. The molecule has 0 amide bonds. The molecule has 3 nitrogen and oxygen atoms in total. The molecule has 2 heterocycles. The van der Waals surface area contributed by atoms with Crippen molar-refractivity contribution in [3.8, 4) is 11.3 Å². The van der Waals surface area contributed by atoms with E-state index in [2.05, 4.69) is 37.2 Å². The molecule has 6 heteroatoms. The molecule has 22 heavy (non-hydrogen) atoms. The number of hydrogen-bond acceptors (Lipinski definition) is 3. The van der Waals surface area contributed by atoms with Gasteiger partial charge in [-0.1, -0.05) is 15.9 Å². The Kier molecular flexibility index (Phi) is 6.96. The molecule has 1 fully saturated rings. The molecular formula is C16H18Br2ClNO2. The first-order chi connectivity index (χ1) is 10.2. The van der Waals surface area contributed by atoms with Crippen molar-refractivity contribution in [3.05, 3.63) is 45.0 Å². The lowest BCUT2D eigenvalue weighted by molar-refractivity contribution is 0.109. The number of benzene rings is 1. The Labute approximate surface area is 153 Å². The van der Waals surface area contributed by atoms with Crippen molar-refractivity contribution in [3.63, 3.8) is 0 Å². The van der Waals surface area contributed by atoms with E-state index in [1.165, 1.54) is 6.42 Å². The average Bonchev–Trinajstić information content (AvgIpc) is 3.10. The maximum atomic E-state index is 5.91. The number of nitrogens with one attached hydrogen (secondary N) is 1. The standard InChI is InChI=1S/C16H17Br2NO2.ClH/c17-11-3-5-14(15(18)8-11)16-6-4-13(21-16)10-19-9-12-2-1-7-20-12;/h3-6,8,12,19H,1-2,7,9-10H2;1H. The molecule has 1 aliphatic heterocycles. The van der Waals surface area contributed by atoms with Crippen LogP contribution in [-0.4, -0.2) is 19.3 Å². The van der Waals surface area contributed by atoms with Gasteiger partial charge in [-0.25, -0.2) is 0 Å². The summed E-state index contributed by atoms with van der Waals surface area (Å²) in [5.74, 6) is 1.82. The summed E-state index contributed by atoms with van der Waals surface area (Å²) < 4.78 is 13.6. The lowest BCUT2D eigenvalue weighted by atomic mass is 10.2. The SMILES string of the molecule is Brc1ccc(-c2ccc(CNCC3CCCO3)o2)c(Br)c1.Cl. The van der Waals surface area contributed by atoms with Crippen LogP contribution >= 0.6 is 44.3 Å². The largest absolute Gasteiger partial charge is 0.460 e. The van der Waals surface area contributed by atoms with Gasteiger partial charge in [0.15, 0.2) is 0 Å². The van der Waals surface area contributed by atoms with Crippen LogP contribution in [0.5, 0.6) is 0 Å². The number of furan rings is 1. The van der Waals surface area contributed by atoms with Crippen LogP contribution in [0.3, 0.4) is 0 Å². The monoisotopic (exact) mass is 449 g/mol. The van der Waals surface area contributed by atoms with Crippen LogP contribution in [0.25, 0.3) is 11.3 Å². The summed E-state index contributed by atoms with van der Waals surface area (Å²) in [6, 6.07) is 10.1. The van der Waals surface area contributed by atoms with E-state index in [0.29, 0.717) is 6.10 Å². The Balaban J connectivity index is 0.00000176. The maximum Gasteiger partial charge on any atom is 0.135 e. The topological polar surface area (TPSA) is 34.4 Å². The van der Waals surface area contributed by atoms with Gasteiger partial charge in [-0.2, -0.15) is 0 Å². The third-order valence-electron chi connectivity index (χ3n) is 3.55. The van der Waals surface area contributed by atoms with Gasteiger partial charge in [0.1, 0.15) is 11.5 Å². The predicted molar refractivity (Wildman–Crippen MR) is 97.5 cm³/mol. The minimum atomic E-state index is 0. The van der Waals surface area contributed by atoms with Crippen molar-refractivity contribution < 1.29 is 9.15 Å². The summed E-state index contributed by atoms with van der Waals surface area (Å²) in [4.78, 5) is 0. The van der Waals surface area contributed by atoms with Crippen LogP contribution in [0.15, 0.2) is 43.7 Å². The van der Waals surface area contributed by atoms with Crippen LogP contribution in [-0.2, 0) is 11.3 Å². The Bertz CT molecular complexity index is 612. The van der Waals surface area contributed by atoms with Crippen molar-refractivity contribution in [2.24, 2.45) is 0 Å². The third kappa shape index (κ3) is 4.59. The Morgan fingerprint density at radius 3 is 2.77 bits per heavy atom. The average molecular weight is 452 g/mol. The number of hydrogen-bond donors (Lipinski definition) is 1. The van der Waals surface area contributed by atoms with Gasteiger partial charge in [-0.15, -0.1) is 12.4 Å². The molecule has 1 atom stereocenters. The van der Waals surface area contributed by atoms with E-state index in [0.717, 1.165) is 52.1 Å². The highest BCUT2D eigenvalue weighted by Crippen LogP contribution is 2.31. The molecular weight excluding hydrogens is 433 g/mol. The summed E-state index contributed by atoms with van der Waals surface area (Å²) in [7, 11) is 0. The molecule has 0 spiro atoms. The fraction of sp³-hybridized carbons (Fsp3) is 0.375. The summed E-state index contributed by atoms with van der Waals surface area (Å²) in [6.45, 7) is 2.51. The molecule has 0 aliphatic carbocycles. The van der Waals surface area contributed by atoms with Crippen LogP contribution < -0.4 is 5.32 Å². The Morgan fingerprint density at radius 2 is 2.05 bits per heavy atom.